The van der Waals surface area contributed by atoms with Gasteiger partial charge in [-0.3, -0.25) is 13.8 Å². The van der Waals surface area contributed by atoms with Crippen molar-refractivity contribution in [2.75, 3.05) is 41.4 Å². The molecule has 3 aromatic rings. The van der Waals surface area contributed by atoms with E-state index in [1.807, 2.05) is 6.92 Å². The first-order valence-corrected chi connectivity index (χ1v) is 14.8. The van der Waals surface area contributed by atoms with Gasteiger partial charge in [0, 0.05) is 16.2 Å². The Morgan fingerprint density at radius 2 is 1.62 bits per heavy atom. The van der Waals surface area contributed by atoms with Crippen molar-refractivity contribution in [1.82, 2.24) is 0 Å². The molecule has 0 atom stereocenters. The molecule has 2 N–H and O–H groups in total. The largest absolute Gasteiger partial charge is 0.497 e. The number of hydrogen-bond acceptors (Lipinski definition) is 7. The molecule has 0 heterocycles. The summed E-state index contributed by atoms with van der Waals surface area (Å²) >= 11 is 3.37. The van der Waals surface area contributed by atoms with Crippen LogP contribution in [0.15, 0.2) is 70.0 Å². The summed E-state index contributed by atoms with van der Waals surface area (Å²) in [6.45, 7) is 1.35. The fourth-order valence-electron chi connectivity index (χ4n) is 3.33. The van der Waals surface area contributed by atoms with E-state index in [9.17, 15) is 21.6 Å². The van der Waals surface area contributed by atoms with E-state index < -0.39 is 32.5 Å². The Bertz CT molecular complexity index is 1510. The van der Waals surface area contributed by atoms with Crippen molar-refractivity contribution >= 4 is 58.9 Å². The number of carbonyl (C=O) groups excluding carboxylic acids is 1. The van der Waals surface area contributed by atoms with Crippen LogP contribution in [0.2, 0.25) is 0 Å². The summed E-state index contributed by atoms with van der Waals surface area (Å²) in [4.78, 5) is 12.6. The maximum atomic E-state index is 12.9. The smallest absolute Gasteiger partial charge is 0.262 e. The van der Waals surface area contributed by atoms with Crippen LogP contribution in [0.3, 0.4) is 0 Å². The van der Waals surface area contributed by atoms with Gasteiger partial charge in [-0.15, -0.1) is 0 Å². The normalized spacial score (nSPS) is 11.5. The van der Waals surface area contributed by atoms with E-state index >= 15 is 0 Å². The SMILES string of the molecule is COc1ccc(OC)c(NS(=O)(=O)c2ccc(NC(=O)CN(c3ccc(Br)c(C)c3)S(C)(=O)=O)cc2)c1. The highest BCUT2D eigenvalue weighted by molar-refractivity contribution is 9.10. The van der Waals surface area contributed by atoms with Gasteiger partial charge in [0.05, 0.1) is 36.7 Å². The molecule has 0 aromatic heterocycles. The van der Waals surface area contributed by atoms with Crippen LogP contribution >= 0.6 is 15.9 Å². The molecular weight excluding hydrogens is 586 g/mol. The third-order valence-corrected chi connectivity index (χ3v) is 8.63. The molecule has 3 aromatic carbocycles. The summed E-state index contributed by atoms with van der Waals surface area (Å²) in [5, 5.41) is 2.60. The van der Waals surface area contributed by atoms with Gasteiger partial charge in [0.1, 0.15) is 18.0 Å². The van der Waals surface area contributed by atoms with E-state index in [1.165, 1.54) is 44.6 Å². The lowest BCUT2D eigenvalue weighted by Gasteiger charge is -2.22. The number of ether oxygens (including phenoxy) is 2. The molecular formula is C24H26BrN3O7S2. The van der Waals surface area contributed by atoms with Crippen molar-refractivity contribution in [3.05, 3.63) is 70.7 Å². The van der Waals surface area contributed by atoms with Crippen LogP contribution in [0.5, 0.6) is 11.5 Å². The number of halogens is 1. The third kappa shape index (κ3) is 7.14. The van der Waals surface area contributed by atoms with Gasteiger partial charge in [-0.1, -0.05) is 15.9 Å². The highest BCUT2D eigenvalue weighted by atomic mass is 79.9. The van der Waals surface area contributed by atoms with E-state index in [-0.39, 0.29) is 10.6 Å². The van der Waals surface area contributed by atoms with Gasteiger partial charge in [-0.2, -0.15) is 0 Å². The first-order valence-electron chi connectivity index (χ1n) is 10.7. The standard InChI is InChI=1S/C24H26BrN3O7S2/c1-16-13-18(7-11-21(16)25)28(36(4,30)31)15-24(29)26-17-5-9-20(10-6-17)37(32,33)27-22-14-19(34-2)8-12-23(22)35-3/h5-14,27H,15H2,1-4H3,(H,26,29). The molecule has 0 spiro atoms. The Morgan fingerprint density at radius 1 is 0.946 bits per heavy atom. The molecule has 0 aliphatic rings. The summed E-state index contributed by atoms with van der Waals surface area (Å²) in [5.41, 5.74) is 1.65. The molecule has 0 fully saturated rings. The van der Waals surface area contributed by atoms with Crippen molar-refractivity contribution in [2.24, 2.45) is 0 Å². The molecule has 0 aliphatic carbocycles. The molecule has 1 amide bonds. The average molecular weight is 613 g/mol. The minimum atomic E-state index is -3.99. The lowest BCUT2D eigenvalue weighted by Crippen LogP contribution is -2.37. The van der Waals surface area contributed by atoms with Gasteiger partial charge in [0.2, 0.25) is 15.9 Å². The Labute approximate surface area is 224 Å². The fraction of sp³-hybridized carbons (Fsp3) is 0.208. The number of amides is 1. The van der Waals surface area contributed by atoms with Crippen LogP contribution in [-0.4, -0.2) is 49.8 Å². The van der Waals surface area contributed by atoms with Crippen molar-refractivity contribution < 1.29 is 31.1 Å². The minimum absolute atomic E-state index is 0.0570. The minimum Gasteiger partial charge on any atom is -0.497 e. The second-order valence-electron chi connectivity index (χ2n) is 7.95. The van der Waals surface area contributed by atoms with E-state index in [0.29, 0.717) is 22.9 Å². The van der Waals surface area contributed by atoms with Gasteiger partial charge in [-0.25, -0.2) is 16.8 Å². The third-order valence-electron chi connectivity index (χ3n) is 5.22. The number of sulfonamides is 2. The molecule has 13 heteroatoms. The first-order chi connectivity index (χ1) is 17.3. The molecule has 0 radical (unpaired) electrons. The number of aryl methyl sites for hydroxylation is 1. The van der Waals surface area contributed by atoms with Gasteiger partial charge in [0.15, 0.2) is 0 Å². The number of carbonyl (C=O) groups is 1. The topological polar surface area (TPSA) is 131 Å². The molecule has 37 heavy (non-hydrogen) atoms. The van der Waals surface area contributed by atoms with Crippen LogP contribution in [0, 0.1) is 6.92 Å². The van der Waals surface area contributed by atoms with Crippen LogP contribution in [-0.2, 0) is 24.8 Å². The summed E-state index contributed by atoms with van der Waals surface area (Å²) in [6, 6.07) is 15.1. The first kappa shape index (κ1) is 28.3. The zero-order valence-electron chi connectivity index (χ0n) is 20.5. The number of methoxy groups -OCH3 is 2. The molecule has 3 rings (SSSR count). The van der Waals surface area contributed by atoms with Crippen molar-refractivity contribution in [1.29, 1.82) is 0 Å². The van der Waals surface area contributed by atoms with Crippen molar-refractivity contribution in [3.63, 3.8) is 0 Å². The predicted molar refractivity (Wildman–Crippen MR) is 146 cm³/mol. The molecule has 0 aliphatic heterocycles. The molecule has 198 valence electrons. The molecule has 0 saturated carbocycles. The van der Waals surface area contributed by atoms with Crippen molar-refractivity contribution in [3.8, 4) is 11.5 Å². The summed E-state index contributed by atoms with van der Waals surface area (Å²) in [6.07, 6.45) is 1.02. The van der Waals surface area contributed by atoms with Crippen molar-refractivity contribution in [2.45, 2.75) is 11.8 Å². The summed E-state index contributed by atoms with van der Waals surface area (Å²) in [5.74, 6) is 0.156. The molecule has 0 unspecified atom stereocenters. The number of nitrogens with one attached hydrogen (secondary N) is 2. The highest BCUT2D eigenvalue weighted by Crippen LogP contribution is 2.31. The molecule has 10 nitrogen and oxygen atoms in total. The second kappa shape index (κ2) is 11.4. The number of hydrogen-bond donors (Lipinski definition) is 2. The Hall–Kier alpha value is -3.29. The maximum Gasteiger partial charge on any atom is 0.262 e. The lowest BCUT2D eigenvalue weighted by molar-refractivity contribution is -0.114. The summed E-state index contributed by atoms with van der Waals surface area (Å²) in [7, 11) is -4.86. The number of anilines is 3. The van der Waals surface area contributed by atoms with E-state index in [1.54, 1.807) is 30.3 Å². The van der Waals surface area contributed by atoms with E-state index in [4.69, 9.17) is 9.47 Å². The Morgan fingerprint density at radius 3 is 2.19 bits per heavy atom. The Kier molecular flexibility index (Phi) is 8.72. The van der Waals surface area contributed by atoms with Gasteiger partial charge in [0.25, 0.3) is 10.0 Å². The molecule has 0 saturated heterocycles. The number of nitrogens with zero attached hydrogens (tertiary/aromatic N) is 1. The fourth-order valence-corrected chi connectivity index (χ4v) is 5.49. The van der Waals surface area contributed by atoms with Crippen LogP contribution in [0.1, 0.15) is 5.56 Å². The quantitative estimate of drug-likeness (QED) is 0.354. The number of benzene rings is 3. The van der Waals surface area contributed by atoms with Crippen LogP contribution in [0.4, 0.5) is 17.1 Å². The summed E-state index contributed by atoms with van der Waals surface area (Å²) < 4.78 is 65.1. The maximum absolute atomic E-state index is 12.9. The van der Waals surface area contributed by atoms with E-state index in [0.717, 1.165) is 20.6 Å². The Balaban J connectivity index is 1.75. The van der Waals surface area contributed by atoms with Gasteiger partial charge < -0.3 is 14.8 Å². The van der Waals surface area contributed by atoms with Crippen LogP contribution < -0.4 is 23.8 Å². The van der Waals surface area contributed by atoms with Gasteiger partial charge in [-0.05, 0) is 67.1 Å². The highest BCUT2D eigenvalue weighted by Gasteiger charge is 2.22. The van der Waals surface area contributed by atoms with Crippen LogP contribution in [0.25, 0.3) is 0 Å². The predicted octanol–water partition coefficient (Wildman–Crippen LogP) is 3.98. The van der Waals surface area contributed by atoms with Gasteiger partial charge >= 0.3 is 0 Å². The zero-order valence-corrected chi connectivity index (χ0v) is 23.7. The lowest BCUT2D eigenvalue weighted by atomic mass is 10.2. The van der Waals surface area contributed by atoms with E-state index in [2.05, 4.69) is 26.0 Å². The second-order valence-corrected chi connectivity index (χ2v) is 12.4. The average Bonchev–Trinajstić information content (AvgIpc) is 2.83. The monoisotopic (exact) mass is 611 g/mol. The number of rotatable bonds is 10. The zero-order chi connectivity index (χ0) is 27.4. The molecule has 0 bridgehead atoms.